The minimum Gasteiger partial charge on any atom is -0.370 e. The maximum absolute atomic E-state index is 4.30. The highest BCUT2D eigenvalue weighted by molar-refractivity contribution is 5.57. The molecule has 0 radical (unpaired) electrons. The molecule has 0 amide bonds. The molecule has 2 rings (SSSR count). The normalized spacial score (nSPS) is 10.4. The third kappa shape index (κ3) is 2.36. The summed E-state index contributed by atoms with van der Waals surface area (Å²) < 4.78 is 1.76. The topological polar surface area (TPSA) is 55.6 Å². The Morgan fingerprint density at radius 1 is 1.31 bits per heavy atom. The van der Waals surface area contributed by atoms with Gasteiger partial charge in [0.15, 0.2) is 0 Å². The minimum absolute atomic E-state index is 0.842. The Kier molecular flexibility index (Phi) is 3.14. The number of rotatable bonds is 4. The van der Waals surface area contributed by atoms with Crippen molar-refractivity contribution < 1.29 is 0 Å². The van der Waals surface area contributed by atoms with Crippen molar-refractivity contribution in [1.29, 1.82) is 0 Å². The van der Waals surface area contributed by atoms with Gasteiger partial charge in [-0.2, -0.15) is 5.10 Å². The molecule has 84 valence electrons. The van der Waals surface area contributed by atoms with E-state index in [4.69, 9.17) is 0 Å². The Morgan fingerprint density at radius 2 is 2.19 bits per heavy atom. The lowest BCUT2D eigenvalue weighted by Gasteiger charge is -2.03. The van der Waals surface area contributed by atoms with Crippen molar-refractivity contribution in [2.75, 3.05) is 11.9 Å². The van der Waals surface area contributed by atoms with Crippen molar-refractivity contribution in [1.82, 2.24) is 19.7 Å². The molecule has 2 aromatic heterocycles. The molecule has 0 aliphatic heterocycles. The maximum atomic E-state index is 4.30. The second-order valence-corrected chi connectivity index (χ2v) is 3.59. The number of nitrogens with one attached hydrogen (secondary N) is 1. The molecule has 0 aliphatic rings. The maximum Gasteiger partial charge on any atom is 0.130 e. The minimum atomic E-state index is 0.842. The lowest BCUT2D eigenvalue weighted by molar-refractivity contribution is 0.770. The van der Waals surface area contributed by atoms with E-state index >= 15 is 0 Å². The summed E-state index contributed by atoms with van der Waals surface area (Å²) in [6, 6.07) is 3.85. The van der Waals surface area contributed by atoms with Crippen molar-refractivity contribution in [2.24, 2.45) is 7.05 Å². The van der Waals surface area contributed by atoms with Gasteiger partial charge in [-0.3, -0.25) is 4.68 Å². The highest BCUT2D eigenvalue weighted by atomic mass is 15.2. The molecule has 2 heterocycles. The molecular formula is C11H15N5. The molecule has 5 nitrogen and oxygen atoms in total. The first-order valence-electron chi connectivity index (χ1n) is 5.35. The summed E-state index contributed by atoms with van der Waals surface area (Å²) in [6.07, 6.45) is 4.53. The second-order valence-electron chi connectivity index (χ2n) is 3.59. The van der Waals surface area contributed by atoms with E-state index in [1.165, 1.54) is 0 Å². The summed E-state index contributed by atoms with van der Waals surface area (Å²) in [5.74, 6) is 0.845. The van der Waals surface area contributed by atoms with E-state index in [1.807, 2.05) is 25.4 Å². The monoisotopic (exact) mass is 217 g/mol. The van der Waals surface area contributed by atoms with Crippen LogP contribution in [0.25, 0.3) is 11.4 Å². The SMILES string of the molecule is CCCNc1cc(-c2ccn(C)n2)ncn1. The fourth-order valence-corrected chi connectivity index (χ4v) is 1.40. The molecule has 0 unspecified atom stereocenters. The number of nitrogens with zero attached hydrogens (tertiary/aromatic N) is 4. The third-order valence-corrected chi connectivity index (χ3v) is 2.20. The molecule has 0 atom stereocenters. The van der Waals surface area contributed by atoms with Crippen LogP contribution in [0.5, 0.6) is 0 Å². The number of anilines is 1. The van der Waals surface area contributed by atoms with Crippen LogP contribution < -0.4 is 5.32 Å². The summed E-state index contributed by atoms with van der Waals surface area (Å²) in [5, 5.41) is 7.53. The van der Waals surface area contributed by atoms with Gasteiger partial charge in [0.25, 0.3) is 0 Å². The van der Waals surface area contributed by atoms with Crippen LogP contribution in [0.4, 0.5) is 5.82 Å². The molecule has 0 bridgehead atoms. The van der Waals surface area contributed by atoms with E-state index in [9.17, 15) is 0 Å². The van der Waals surface area contributed by atoms with E-state index in [1.54, 1.807) is 11.0 Å². The molecule has 0 fully saturated rings. The number of hydrogen-bond donors (Lipinski definition) is 1. The van der Waals surface area contributed by atoms with Gasteiger partial charge in [-0.15, -0.1) is 0 Å². The van der Waals surface area contributed by atoms with Crippen molar-refractivity contribution in [3.63, 3.8) is 0 Å². The number of aryl methyl sites for hydroxylation is 1. The van der Waals surface area contributed by atoms with Gasteiger partial charge in [0.05, 0.1) is 5.69 Å². The Hall–Kier alpha value is -1.91. The molecular weight excluding hydrogens is 202 g/mol. The molecule has 0 spiro atoms. The Balaban J connectivity index is 2.22. The fraction of sp³-hybridized carbons (Fsp3) is 0.364. The van der Waals surface area contributed by atoms with Crippen molar-refractivity contribution in [3.8, 4) is 11.4 Å². The van der Waals surface area contributed by atoms with Crippen LogP contribution in [0.2, 0.25) is 0 Å². The molecule has 1 N–H and O–H groups in total. The molecule has 0 aliphatic carbocycles. The van der Waals surface area contributed by atoms with Gasteiger partial charge >= 0.3 is 0 Å². The molecule has 16 heavy (non-hydrogen) atoms. The van der Waals surface area contributed by atoms with E-state index < -0.39 is 0 Å². The summed E-state index contributed by atoms with van der Waals surface area (Å²) in [7, 11) is 1.89. The largest absolute Gasteiger partial charge is 0.370 e. The molecule has 0 aromatic carbocycles. The fourth-order valence-electron chi connectivity index (χ4n) is 1.40. The highest BCUT2D eigenvalue weighted by Crippen LogP contribution is 2.15. The number of aromatic nitrogens is 4. The molecule has 0 saturated heterocycles. The molecule has 2 aromatic rings. The van der Waals surface area contributed by atoms with Crippen LogP contribution in [0.15, 0.2) is 24.7 Å². The summed E-state index contributed by atoms with van der Waals surface area (Å²) in [5.41, 5.74) is 1.71. The van der Waals surface area contributed by atoms with Crippen LogP contribution in [0, 0.1) is 0 Å². The smallest absolute Gasteiger partial charge is 0.130 e. The van der Waals surface area contributed by atoms with E-state index in [0.29, 0.717) is 0 Å². The predicted octanol–water partition coefficient (Wildman–Crippen LogP) is 1.70. The van der Waals surface area contributed by atoms with E-state index in [-0.39, 0.29) is 0 Å². The first-order valence-corrected chi connectivity index (χ1v) is 5.35. The second kappa shape index (κ2) is 4.74. The van der Waals surface area contributed by atoms with Gasteiger partial charge < -0.3 is 5.32 Å². The lowest BCUT2D eigenvalue weighted by Crippen LogP contribution is -2.02. The van der Waals surface area contributed by atoms with Gasteiger partial charge in [-0.25, -0.2) is 9.97 Å². The highest BCUT2D eigenvalue weighted by Gasteiger charge is 2.03. The van der Waals surface area contributed by atoms with Gasteiger partial charge in [-0.05, 0) is 12.5 Å². The Bertz CT molecular complexity index is 463. The van der Waals surface area contributed by atoms with E-state index in [0.717, 1.165) is 30.2 Å². The quantitative estimate of drug-likeness (QED) is 0.846. The van der Waals surface area contributed by atoms with Crippen molar-refractivity contribution in [3.05, 3.63) is 24.7 Å². The van der Waals surface area contributed by atoms with Gasteiger partial charge in [0.2, 0.25) is 0 Å². The Morgan fingerprint density at radius 3 is 2.88 bits per heavy atom. The Labute approximate surface area is 94.5 Å². The summed E-state index contributed by atoms with van der Waals surface area (Å²) in [4.78, 5) is 8.36. The molecule has 0 saturated carbocycles. The predicted molar refractivity (Wildman–Crippen MR) is 63.0 cm³/mol. The third-order valence-electron chi connectivity index (χ3n) is 2.20. The van der Waals surface area contributed by atoms with Crippen LogP contribution >= 0.6 is 0 Å². The first kappa shape index (κ1) is 10.6. The van der Waals surface area contributed by atoms with Crippen molar-refractivity contribution >= 4 is 5.82 Å². The zero-order valence-corrected chi connectivity index (χ0v) is 9.51. The van der Waals surface area contributed by atoms with E-state index in [2.05, 4.69) is 27.3 Å². The lowest BCUT2D eigenvalue weighted by atomic mass is 10.3. The average Bonchev–Trinajstić information content (AvgIpc) is 2.74. The number of hydrogen-bond acceptors (Lipinski definition) is 4. The summed E-state index contributed by atoms with van der Waals surface area (Å²) in [6.45, 7) is 3.03. The van der Waals surface area contributed by atoms with Crippen LogP contribution in [0.3, 0.4) is 0 Å². The van der Waals surface area contributed by atoms with Gasteiger partial charge in [0, 0.05) is 25.9 Å². The zero-order valence-electron chi connectivity index (χ0n) is 9.51. The molecule has 5 heteroatoms. The van der Waals surface area contributed by atoms with Crippen LogP contribution in [0.1, 0.15) is 13.3 Å². The van der Waals surface area contributed by atoms with Crippen LogP contribution in [-0.4, -0.2) is 26.3 Å². The average molecular weight is 217 g/mol. The standard InChI is InChI=1S/C11H15N5/c1-3-5-12-11-7-10(13-8-14-11)9-4-6-16(2)15-9/h4,6-8H,3,5H2,1-2H3,(H,12,13,14). The zero-order chi connectivity index (χ0) is 11.4. The summed E-state index contributed by atoms with van der Waals surface area (Å²) >= 11 is 0. The van der Waals surface area contributed by atoms with Gasteiger partial charge in [-0.1, -0.05) is 6.92 Å². The van der Waals surface area contributed by atoms with Gasteiger partial charge in [0.1, 0.15) is 17.8 Å². The first-order chi connectivity index (χ1) is 7.79. The van der Waals surface area contributed by atoms with Crippen molar-refractivity contribution in [2.45, 2.75) is 13.3 Å². The van der Waals surface area contributed by atoms with Crippen LogP contribution in [-0.2, 0) is 7.05 Å².